The SMILES string of the molecule is C[C@@H]1CN(C(=O)CSc2nnc(-c3cc(Cl)ccc3Cl)n2N)C[C@@H](C)O1. The van der Waals surface area contributed by atoms with Crippen molar-refractivity contribution < 1.29 is 9.53 Å². The molecule has 1 aliphatic heterocycles. The highest BCUT2D eigenvalue weighted by Crippen LogP contribution is 2.30. The summed E-state index contributed by atoms with van der Waals surface area (Å²) in [4.78, 5) is 14.3. The number of hydrogen-bond acceptors (Lipinski definition) is 6. The number of nitrogens with zero attached hydrogens (tertiary/aromatic N) is 4. The first-order valence-corrected chi connectivity index (χ1v) is 9.81. The lowest BCUT2D eigenvalue weighted by Gasteiger charge is -2.35. The zero-order valence-electron chi connectivity index (χ0n) is 14.4. The molecule has 0 bridgehead atoms. The minimum atomic E-state index is 0.0161. The van der Waals surface area contributed by atoms with Crippen LogP contribution in [0.4, 0.5) is 0 Å². The van der Waals surface area contributed by atoms with E-state index in [0.717, 1.165) is 0 Å². The first kappa shape index (κ1) is 19.3. The molecule has 0 saturated carbocycles. The van der Waals surface area contributed by atoms with Gasteiger partial charge in [0.15, 0.2) is 5.82 Å². The molecular formula is C16H19Cl2N5O2S. The lowest BCUT2D eigenvalue weighted by molar-refractivity contribution is -0.140. The van der Waals surface area contributed by atoms with E-state index in [9.17, 15) is 4.79 Å². The number of nitrogen functional groups attached to an aromatic ring is 1. The molecule has 7 nitrogen and oxygen atoms in total. The maximum absolute atomic E-state index is 12.5. The molecule has 140 valence electrons. The van der Waals surface area contributed by atoms with E-state index in [1.165, 1.54) is 16.4 Å². The van der Waals surface area contributed by atoms with Crippen LogP contribution in [0.3, 0.4) is 0 Å². The quantitative estimate of drug-likeness (QED) is 0.609. The average molecular weight is 416 g/mol. The Balaban J connectivity index is 1.69. The van der Waals surface area contributed by atoms with Gasteiger partial charge >= 0.3 is 0 Å². The summed E-state index contributed by atoms with van der Waals surface area (Å²) in [6, 6.07) is 5.03. The van der Waals surface area contributed by atoms with Crippen LogP contribution in [0.2, 0.25) is 10.0 Å². The molecule has 0 spiro atoms. The summed E-state index contributed by atoms with van der Waals surface area (Å²) in [5.74, 6) is 6.71. The largest absolute Gasteiger partial charge is 0.372 e. The maximum atomic E-state index is 12.5. The number of hydrogen-bond donors (Lipinski definition) is 1. The Labute approximate surface area is 165 Å². The smallest absolute Gasteiger partial charge is 0.233 e. The summed E-state index contributed by atoms with van der Waals surface area (Å²) >= 11 is 13.4. The highest BCUT2D eigenvalue weighted by Gasteiger charge is 2.26. The van der Waals surface area contributed by atoms with Crippen molar-refractivity contribution in [2.45, 2.75) is 31.2 Å². The first-order chi connectivity index (χ1) is 12.3. The lowest BCUT2D eigenvalue weighted by atomic mass is 10.2. The van der Waals surface area contributed by atoms with Gasteiger partial charge in [-0.1, -0.05) is 35.0 Å². The topological polar surface area (TPSA) is 86.3 Å². The Morgan fingerprint density at radius 2 is 2.00 bits per heavy atom. The molecule has 2 heterocycles. The van der Waals surface area contributed by atoms with E-state index in [1.807, 2.05) is 13.8 Å². The molecule has 1 amide bonds. The van der Waals surface area contributed by atoms with Crippen LogP contribution in [0.15, 0.2) is 23.4 Å². The van der Waals surface area contributed by atoms with E-state index in [1.54, 1.807) is 23.1 Å². The number of benzene rings is 1. The van der Waals surface area contributed by atoms with Gasteiger partial charge in [0, 0.05) is 23.7 Å². The van der Waals surface area contributed by atoms with Crippen molar-refractivity contribution in [3.05, 3.63) is 28.2 Å². The number of halogens is 2. The first-order valence-electron chi connectivity index (χ1n) is 8.07. The average Bonchev–Trinajstić information content (AvgIpc) is 2.94. The highest BCUT2D eigenvalue weighted by atomic mass is 35.5. The number of aromatic nitrogens is 3. The lowest BCUT2D eigenvalue weighted by Crippen LogP contribution is -2.48. The van der Waals surface area contributed by atoms with Gasteiger partial charge in [-0.3, -0.25) is 4.79 Å². The summed E-state index contributed by atoms with van der Waals surface area (Å²) < 4.78 is 6.97. The Hall–Kier alpha value is -1.48. The van der Waals surface area contributed by atoms with Gasteiger partial charge in [-0.2, -0.15) is 0 Å². The van der Waals surface area contributed by atoms with Crippen molar-refractivity contribution in [3.8, 4) is 11.4 Å². The third-order valence-electron chi connectivity index (χ3n) is 3.93. The monoisotopic (exact) mass is 415 g/mol. The summed E-state index contributed by atoms with van der Waals surface area (Å²) in [6.45, 7) is 5.09. The second kappa shape index (κ2) is 8.04. The van der Waals surface area contributed by atoms with Crippen LogP contribution < -0.4 is 5.84 Å². The van der Waals surface area contributed by atoms with Crippen molar-refractivity contribution >= 4 is 40.9 Å². The Morgan fingerprint density at radius 3 is 2.69 bits per heavy atom. The molecule has 1 saturated heterocycles. The number of ether oxygens (including phenoxy) is 1. The molecule has 1 fully saturated rings. The Bertz CT molecular complexity index is 806. The standard InChI is InChI=1S/C16H19Cl2N5O2S/c1-9-6-22(7-10(2)25-9)14(24)8-26-16-21-20-15(23(16)19)12-5-11(17)3-4-13(12)18/h3-5,9-10H,6-8,19H2,1-2H3/t9-,10-/m1/s1. The molecule has 10 heteroatoms. The number of amides is 1. The Morgan fingerprint density at radius 1 is 1.31 bits per heavy atom. The van der Waals surface area contributed by atoms with Gasteiger partial charge in [-0.05, 0) is 32.0 Å². The minimum absolute atomic E-state index is 0.0161. The number of thioether (sulfide) groups is 1. The van der Waals surface area contributed by atoms with Gasteiger partial charge in [0.1, 0.15) is 0 Å². The van der Waals surface area contributed by atoms with Gasteiger partial charge in [0.2, 0.25) is 11.1 Å². The molecule has 2 aromatic rings. The molecule has 2 N–H and O–H groups in total. The van der Waals surface area contributed by atoms with Gasteiger partial charge in [0.05, 0.1) is 23.0 Å². The van der Waals surface area contributed by atoms with Gasteiger partial charge in [0.25, 0.3) is 0 Å². The van der Waals surface area contributed by atoms with Crippen LogP contribution >= 0.6 is 35.0 Å². The maximum Gasteiger partial charge on any atom is 0.233 e. The van der Waals surface area contributed by atoms with Gasteiger partial charge < -0.3 is 15.5 Å². The molecule has 3 rings (SSSR count). The van der Waals surface area contributed by atoms with Crippen LogP contribution in [-0.4, -0.2) is 56.7 Å². The van der Waals surface area contributed by atoms with Crippen LogP contribution in [0.1, 0.15) is 13.8 Å². The number of rotatable bonds is 4. The summed E-state index contributed by atoms with van der Waals surface area (Å²) in [6.07, 6.45) is 0.0601. The van der Waals surface area contributed by atoms with E-state index in [2.05, 4.69) is 10.2 Å². The second-order valence-electron chi connectivity index (χ2n) is 6.15. The van der Waals surface area contributed by atoms with Crippen LogP contribution in [0.25, 0.3) is 11.4 Å². The molecule has 26 heavy (non-hydrogen) atoms. The van der Waals surface area contributed by atoms with Crippen molar-refractivity contribution in [2.75, 3.05) is 24.7 Å². The van der Waals surface area contributed by atoms with Crippen molar-refractivity contribution in [2.24, 2.45) is 0 Å². The van der Waals surface area contributed by atoms with Crippen molar-refractivity contribution in [3.63, 3.8) is 0 Å². The van der Waals surface area contributed by atoms with E-state index >= 15 is 0 Å². The van der Waals surface area contributed by atoms with Crippen LogP contribution in [0, 0.1) is 0 Å². The number of carbonyl (C=O) groups is 1. The highest BCUT2D eigenvalue weighted by molar-refractivity contribution is 7.99. The molecule has 0 unspecified atom stereocenters. The zero-order valence-corrected chi connectivity index (χ0v) is 16.7. The summed E-state index contributed by atoms with van der Waals surface area (Å²) in [7, 11) is 0. The van der Waals surface area contributed by atoms with Gasteiger partial charge in [-0.25, -0.2) is 4.68 Å². The summed E-state index contributed by atoms with van der Waals surface area (Å²) in [5.41, 5.74) is 0.586. The number of nitrogens with two attached hydrogens (primary N) is 1. The zero-order chi connectivity index (χ0) is 18.8. The molecule has 0 radical (unpaired) electrons. The fraction of sp³-hybridized carbons (Fsp3) is 0.438. The summed E-state index contributed by atoms with van der Waals surface area (Å²) in [5, 5.41) is 9.57. The van der Waals surface area contributed by atoms with E-state index in [4.69, 9.17) is 33.8 Å². The molecule has 0 aliphatic carbocycles. The molecular weight excluding hydrogens is 397 g/mol. The molecule has 1 aromatic carbocycles. The minimum Gasteiger partial charge on any atom is -0.372 e. The van der Waals surface area contributed by atoms with Crippen molar-refractivity contribution in [1.29, 1.82) is 0 Å². The Kier molecular flexibility index (Phi) is 5.96. The third kappa shape index (κ3) is 4.25. The molecule has 1 aliphatic rings. The third-order valence-corrected chi connectivity index (χ3v) is 5.42. The second-order valence-corrected chi connectivity index (χ2v) is 7.93. The fourth-order valence-corrected chi connectivity index (χ4v) is 3.96. The van der Waals surface area contributed by atoms with E-state index in [-0.39, 0.29) is 23.9 Å². The van der Waals surface area contributed by atoms with Crippen LogP contribution in [-0.2, 0) is 9.53 Å². The molecule has 2 atom stereocenters. The number of carbonyl (C=O) groups excluding carboxylic acids is 1. The van der Waals surface area contributed by atoms with E-state index in [0.29, 0.717) is 39.7 Å². The molecule has 1 aromatic heterocycles. The predicted molar refractivity (Wildman–Crippen MR) is 103 cm³/mol. The van der Waals surface area contributed by atoms with Crippen LogP contribution in [0.5, 0.6) is 0 Å². The van der Waals surface area contributed by atoms with Crippen molar-refractivity contribution in [1.82, 2.24) is 19.8 Å². The number of morpholine rings is 1. The fourth-order valence-electron chi connectivity index (χ4n) is 2.83. The predicted octanol–water partition coefficient (Wildman–Crippen LogP) is 2.69. The van der Waals surface area contributed by atoms with E-state index < -0.39 is 0 Å². The normalized spacial score (nSPS) is 20.4. The van der Waals surface area contributed by atoms with Gasteiger partial charge in [-0.15, -0.1) is 10.2 Å².